The van der Waals surface area contributed by atoms with Crippen LogP contribution in [0.2, 0.25) is 0 Å². The van der Waals surface area contributed by atoms with Crippen LogP contribution in [0.5, 0.6) is 11.5 Å². The van der Waals surface area contributed by atoms with E-state index in [9.17, 15) is 9.59 Å². The van der Waals surface area contributed by atoms with Gasteiger partial charge in [-0.05, 0) is 24.6 Å². The van der Waals surface area contributed by atoms with Crippen LogP contribution in [0.15, 0.2) is 35.7 Å². The van der Waals surface area contributed by atoms with Gasteiger partial charge in [-0.3, -0.25) is 10.1 Å². The summed E-state index contributed by atoms with van der Waals surface area (Å²) >= 11 is 1.26. The number of esters is 1. The maximum absolute atomic E-state index is 11.9. The molecule has 0 unspecified atom stereocenters. The summed E-state index contributed by atoms with van der Waals surface area (Å²) in [5.74, 6) is 0.307. The van der Waals surface area contributed by atoms with E-state index in [2.05, 4.69) is 10.3 Å². The SMILES string of the molecule is CC/C=C/C(=O)OCC(=O)Nc1nc(-c2cc(OC)ccc2OC)cs1. The lowest BCUT2D eigenvalue weighted by atomic mass is 10.1. The molecule has 0 radical (unpaired) electrons. The molecule has 8 heteroatoms. The van der Waals surface area contributed by atoms with E-state index in [0.29, 0.717) is 22.3 Å². The van der Waals surface area contributed by atoms with E-state index >= 15 is 0 Å². The molecule has 1 aromatic carbocycles. The van der Waals surface area contributed by atoms with Crippen LogP contribution in [0.1, 0.15) is 13.3 Å². The number of benzene rings is 1. The van der Waals surface area contributed by atoms with Gasteiger partial charge in [0, 0.05) is 17.0 Å². The van der Waals surface area contributed by atoms with Crippen molar-refractivity contribution < 1.29 is 23.8 Å². The third kappa shape index (κ3) is 5.32. The number of anilines is 1. The van der Waals surface area contributed by atoms with Gasteiger partial charge >= 0.3 is 5.97 Å². The van der Waals surface area contributed by atoms with E-state index < -0.39 is 11.9 Å². The molecule has 1 heterocycles. The Balaban J connectivity index is 2.03. The first-order valence-electron chi connectivity index (χ1n) is 7.88. The topological polar surface area (TPSA) is 86.8 Å². The lowest BCUT2D eigenvalue weighted by Gasteiger charge is -2.08. The number of amides is 1. The van der Waals surface area contributed by atoms with Gasteiger partial charge in [0.05, 0.1) is 19.9 Å². The number of allylic oxidation sites excluding steroid dienone is 1. The first-order chi connectivity index (χ1) is 12.6. The van der Waals surface area contributed by atoms with Crippen LogP contribution in [0.4, 0.5) is 5.13 Å². The minimum atomic E-state index is -0.553. The van der Waals surface area contributed by atoms with Crippen LogP contribution in [0, 0.1) is 0 Å². The fraction of sp³-hybridized carbons (Fsp3) is 0.278. The number of carbonyl (C=O) groups is 2. The zero-order valence-electron chi connectivity index (χ0n) is 14.8. The summed E-state index contributed by atoms with van der Waals surface area (Å²) in [5, 5.41) is 4.80. The Morgan fingerprint density at radius 3 is 2.77 bits per heavy atom. The molecule has 26 heavy (non-hydrogen) atoms. The van der Waals surface area contributed by atoms with Crippen LogP contribution in [0.3, 0.4) is 0 Å². The Morgan fingerprint density at radius 2 is 2.08 bits per heavy atom. The lowest BCUT2D eigenvalue weighted by molar-refractivity contribution is -0.142. The summed E-state index contributed by atoms with van der Waals surface area (Å²) in [6, 6.07) is 5.38. The number of carbonyl (C=O) groups excluding carboxylic acids is 2. The Kier molecular flexibility index (Phi) is 7.16. The highest BCUT2D eigenvalue weighted by molar-refractivity contribution is 7.14. The summed E-state index contributed by atoms with van der Waals surface area (Å²) in [6.45, 7) is 1.53. The second kappa shape index (κ2) is 9.57. The predicted octanol–water partition coefficient (Wildman–Crippen LogP) is 3.28. The van der Waals surface area contributed by atoms with E-state index in [1.807, 2.05) is 6.92 Å². The van der Waals surface area contributed by atoms with Crippen molar-refractivity contribution in [2.45, 2.75) is 13.3 Å². The van der Waals surface area contributed by atoms with Crippen molar-refractivity contribution in [2.24, 2.45) is 0 Å². The average Bonchev–Trinajstić information content (AvgIpc) is 3.12. The third-order valence-corrected chi connectivity index (χ3v) is 4.03. The van der Waals surface area contributed by atoms with Crippen molar-refractivity contribution in [3.63, 3.8) is 0 Å². The van der Waals surface area contributed by atoms with Gasteiger partial charge < -0.3 is 14.2 Å². The first-order valence-corrected chi connectivity index (χ1v) is 8.76. The van der Waals surface area contributed by atoms with Gasteiger partial charge in [0.1, 0.15) is 11.5 Å². The Bertz CT molecular complexity index is 801. The monoisotopic (exact) mass is 376 g/mol. The molecule has 1 amide bonds. The van der Waals surface area contributed by atoms with Gasteiger partial charge in [0.25, 0.3) is 5.91 Å². The van der Waals surface area contributed by atoms with E-state index in [-0.39, 0.29) is 6.61 Å². The smallest absolute Gasteiger partial charge is 0.330 e. The second-order valence-corrected chi connectivity index (χ2v) is 5.93. The molecule has 138 valence electrons. The van der Waals surface area contributed by atoms with Crippen molar-refractivity contribution in [1.29, 1.82) is 0 Å². The molecule has 2 aromatic rings. The number of hydrogen-bond acceptors (Lipinski definition) is 7. The summed E-state index contributed by atoms with van der Waals surface area (Å²) < 4.78 is 15.4. The number of thiazole rings is 1. The second-order valence-electron chi connectivity index (χ2n) is 5.07. The molecule has 0 fully saturated rings. The van der Waals surface area contributed by atoms with E-state index in [1.165, 1.54) is 17.4 Å². The molecular weight excluding hydrogens is 356 g/mol. The molecule has 0 spiro atoms. The van der Waals surface area contributed by atoms with Gasteiger partial charge in [0.2, 0.25) is 0 Å². The number of nitrogens with zero attached hydrogens (tertiary/aromatic N) is 1. The van der Waals surface area contributed by atoms with Crippen LogP contribution >= 0.6 is 11.3 Å². The number of ether oxygens (including phenoxy) is 3. The number of methoxy groups -OCH3 is 2. The zero-order chi connectivity index (χ0) is 18.9. The quantitative estimate of drug-likeness (QED) is 0.562. The number of nitrogens with one attached hydrogen (secondary N) is 1. The maximum atomic E-state index is 11.9. The van der Waals surface area contributed by atoms with Gasteiger partial charge in [-0.25, -0.2) is 9.78 Å². The highest BCUT2D eigenvalue weighted by Gasteiger charge is 2.13. The number of hydrogen-bond donors (Lipinski definition) is 1. The zero-order valence-corrected chi connectivity index (χ0v) is 15.6. The molecule has 0 saturated carbocycles. The van der Waals surface area contributed by atoms with E-state index in [0.717, 1.165) is 12.0 Å². The lowest BCUT2D eigenvalue weighted by Crippen LogP contribution is -2.20. The highest BCUT2D eigenvalue weighted by Crippen LogP contribution is 2.34. The predicted molar refractivity (Wildman–Crippen MR) is 99.7 cm³/mol. The Hall–Kier alpha value is -2.87. The molecule has 2 rings (SSSR count). The van der Waals surface area contributed by atoms with Crippen LogP contribution in [-0.2, 0) is 14.3 Å². The molecule has 1 N–H and O–H groups in total. The van der Waals surface area contributed by atoms with Gasteiger partial charge in [-0.2, -0.15) is 0 Å². The molecule has 0 aliphatic carbocycles. The number of rotatable bonds is 8. The third-order valence-electron chi connectivity index (χ3n) is 3.27. The van der Waals surface area contributed by atoms with Gasteiger partial charge in [-0.1, -0.05) is 13.0 Å². The fourth-order valence-electron chi connectivity index (χ4n) is 2.02. The summed E-state index contributed by atoms with van der Waals surface area (Å²) in [7, 11) is 3.15. The van der Waals surface area contributed by atoms with Crippen LogP contribution < -0.4 is 14.8 Å². The minimum Gasteiger partial charge on any atom is -0.497 e. The molecule has 1 aromatic heterocycles. The molecule has 0 aliphatic heterocycles. The van der Waals surface area contributed by atoms with E-state index in [1.54, 1.807) is 43.9 Å². The highest BCUT2D eigenvalue weighted by atomic mass is 32.1. The van der Waals surface area contributed by atoms with Gasteiger partial charge in [-0.15, -0.1) is 11.3 Å². The summed E-state index contributed by atoms with van der Waals surface area (Å²) in [4.78, 5) is 27.6. The van der Waals surface area contributed by atoms with Crippen molar-refractivity contribution in [3.8, 4) is 22.8 Å². The summed E-state index contributed by atoms with van der Waals surface area (Å²) in [5.41, 5.74) is 1.39. The van der Waals surface area contributed by atoms with Gasteiger partial charge in [0.15, 0.2) is 11.7 Å². The average molecular weight is 376 g/mol. The largest absolute Gasteiger partial charge is 0.497 e. The molecule has 0 bridgehead atoms. The first kappa shape index (κ1) is 19.5. The van der Waals surface area contributed by atoms with Crippen molar-refractivity contribution in [3.05, 3.63) is 35.7 Å². The Labute approximate surface area is 155 Å². The Morgan fingerprint density at radius 1 is 1.27 bits per heavy atom. The molecule has 0 saturated heterocycles. The van der Waals surface area contributed by atoms with Crippen LogP contribution in [-0.4, -0.2) is 37.7 Å². The number of aromatic nitrogens is 1. The molecule has 0 atom stereocenters. The molecule has 0 aliphatic rings. The van der Waals surface area contributed by atoms with Crippen molar-refractivity contribution in [1.82, 2.24) is 4.98 Å². The minimum absolute atomic E-state index is 0.371. The summed E-state index contributed by atoms with van der Waals surface area (Å²) in [6.07, 6.45) is 3.68. The van der Waals surface area contributed by atoms with Crippen molar-refractivity contribution in [2.75, 3.05) is 26.1 Å². The molecule has 7 nitrogen and oxygen atoms in total. The molecular formula is C18H20N2O5S. The fourth-order valence-corrected chi connectivity index (χ4v) is 2.75. The normalized spacial score (nSPS) is 10.6. The van der Waals surface area contributed by atoms with E-state index in [4.69, 9.17) is 14.2 Å². The van der Waals surface area contributed by atoms with Crippen LogP contribution in [0.25, 0.3) is 11.3 Å². The van der Waals surface area contributed by atoms with Crippen molar-refractivity contribution >= 4 is 28.3 Å². The standard InChI is InChI=1S/C18H20N2O5S/c1-4-5-6-17(22)25-10-16(21)20-18-19-14(11-26-18)13-9-12(23-2)7-8-15(13)24-3/h5-9,11H,4,10H2,1-3H3,(H,19,20,21)/b6-5+. The maximum Gasteiger partial charge on any atom is 0.330 e.